The summed E-state index contributed by atoms with van der Waals surface area (Å²) in [4.78, 5) is 1.36. The van der Waals surface area contributed by atoms with Crippen LogP contribution >= 0.6 is 22.9 Å². The number of likely N-dealkylation sites (N-methyl/N-ethyl adjacent to an activating group) is 1. The van der Waals surface area contributed by atoms with Gasteiger partial charge in [-0.3, -0.25) is 0 Å². The normalized spacial score (nSPS) is 12.2. The van der Waals surface area contributed by atoms with Gasteiger partial charge in [0, 0.05) is 24.5 Å². The van der Waals surface area contributed by atoms with Crippen LogP contribution in [0, 0.1) is 6.92 Å². The largest absolute Gasteiger partial charge is 0.464 e. The molecule has 0 saturated carbocycles. The molecule has 0 amide bonds. The molecule has 2 aromatic rings. The van der Waals surface area contributed by atoms with E-state index in [0.29, 0.717) is 24.5 Å². The molecular weight excluding hydrogens is 318 g/mol. The van der Waals surface area contributed by atoms with E-state index in [-0.39, 0.29) is 10.8 Å². The summed E-state index contributed by atoms with van der Waals surface area (Å²) >= 11 is 7.29. The number of hydrogen-bond acceptors (Lipinski definition) is 4. The van der Waals surface area contributed by atoms with Crippen LogP contribution in [0.25, 0.3) is 0 Å². The molecule has 2 heterocycles. The second-order valence-electron chi connectivity index (χ2n) is 4.42. The van der Waals surface area contributed by atoms with Crippen LogP contribution in [0.2, 0.25) is 0 Å². The lowest BCUT2D eigenvalue weighted by atomic mass is 10.3. The van der Waals surface area contributed by atoms with Gasteiger partial charge >= 0.3 is 0 Å². The van der Waals surface area contributed by atoms with Gasteiger partial charge in [0.25, 0.3) is 0 Å². The maximum absolute atomic E-state index is 12.5. The van der Waals surface area contributed by atoms with E-state index in [4.69, 9.17) is 16.0 Å². The Kier molecular flexibility index (Phi) is 4.90. The Labute approximate surface area is 128 Å². The number of alkyl halides is 1. The monoisotopic (exact) mass is 333 g/mol. The third-order valence-corrected chi connectivity index (χ3v) is 6.16. The fraction of sp³-hybridized carbons (Fsp3) is 0.385. The number of halogens is 1. The molecule has 0 aliphatic rings. The van der Waals surface area contributed by atoms with E-state index < -0.39 is 10.0 Å². The van der Waals surface area contributed by atoms with Crippen molar-refractivity contribution in [2.45, 2.75) is 24.1 Å². The topological polar surface area (TPSA) is 50.5 Å². The number of nitrogens with zero attached hydrogens (tertiary/aromatic N) is 1. The number of hydrogen-bond donors (Lipinski definition) is 0. The van der Waals surface area contributed by atoms with Gasteiger partial charge < -0.3 is 4.42 Å². The average molecular weight is 334 g/mol. The van der Waals surface area contributed by atoms with Gasteiger partial charge in [0.2, 0.25) is 10.0 Å². The van der Waals surface area contributed by atoms with Crippen LogP contribution < -0.4 is 0 Å². The Hall–Kier alpha value is -0.820. The van der Waals surface area contributed by atoms with Crippen LogP contribution in [0.5, 0.6) is 0 Å². The van der Waals surface area contributed by atoms with Gasteiger partial charge in [-0.05, 0) is 24.8 Å². The highest BCUT2D eigenvalue weighted by molar-refractivity contribution is 7.89. The van der Waals surface area contributed by atoms with Gasteiger partial charge in [-0.1, -0.05) is 6.07 Å². The van der Waals surface area contributed by atoms with E-state index >= 15 is 0 Å². The lowest BCUT2D eigenvalue weighted by Crippen LogP contribution is -2.29. The maximum Gasteiger partial charge on any atom is 0.246 e. The lowest BCUT2D eigenvalue weighted by molar-refractivity contribution is 0.464. The minimum atomic E-state index is -3.53. The summed E-state index contributed by atoms with van der Waals surface area (Å²) in [5, 5.41) is 1.98. The number of furan rings is 1. The highest BCUT2D eigenvalue weighted by Gasteiger charge is 2.25. The highest BCUT2D eigenvalue weighted by atomic mass is 35.5. The summed E-state index contributed by atoms with van der Waals surface area (Å²) in [6.07, 6.45) is 0.701. The molecule has 0 fully saturated rings. The summed E-state index contributed by atoms with van der Waals surface area (Å²) in [6.45, 7) is 2.07. The Balaban J connectivity index is 2.14. The number of sulfonamides is 1. The van der Waals surface area contributed by atoms with Crippen LogP contribution in [0.15, 0.2) is 32.9 Å². The number of aryl methyl sites for hydroxylation is 1. The Morgan fingerprint density at radius 2 is 2.20 bits per heavy atom. The van der Waals surface area contributed by atoms with Crippen molar-refractivity contribution in [2.24, 2.45) is 0 Å². The molecule has 4 nitrogen and oxygen atoms in total. The molecule has 0 N–H and O–H groups in total. The fourth-order valence-electron chi connectivity index (χ4n) is 1.86. The van der Waals surface area contributed by atoms with Crippen LogP contribution in [0.3, 0.4) is 0 Å². The van der Waals surface area contributed by atoms with Gasteiger partial charge in [0.1, 0.15) is 16.4 Å². The molecule has 7 heteroatoms. The standard InChI is InChI=1S/C13H16ClNO3S2/c1-10-13(8-11(9-14)18-10)20(16,17)15(2)6-5-12-4-3-7-19-12/h3-4,7-8H,5-6,9H2,1-2H3. The molecule has 0 bridgehead atoms. The molecule has 2 rings (SSSR count). The van der Waals surface area contributed by atoms with Crippen molar-refractivity contribution in [3.63, 3.8) is 0 Å². The van der Waals surface area contributed by atoms with Crippen molar-refractivity contribution in [3.05, 3.63) is 40.0 Å². The number of thiophene rings is 1. The first-order chi connectivity index (χ1) is 9.45. The molecule has 0 aromatic carbocycles. The Morgan fingerprint density at radius 3 is 2.75 bits per heavy atom. The van der Waals surface area contributed by atoms with E-state index in [0.717, 1.165) is 4.88 Å². The van der Waals surface area contributed by atoms with Crippen molar-refractivity contribution >= 4 is 33.0 Å². The summed E-state index contributed by atoms with van der Waals surface area (Å²) in [5.74, 6) is 1.01. The molecule has 0 spiro atoms. The molecule has 0 aliphatic heterocycles. The fourth-order valence-corrected chi connectivity index (χ4v) is 4.04. The van der Waals surface area contributed by atoms with E-state index in [1.807, 2.05) is 17.5 Å². The Morgan fingerprint density at radius 1 is 1.45 bits per heavy atom. The van der Waals surface area contributed by atoms with Gasteiger partial charge in [-0.15, -0.1) is 22.9 Å². The molecule has 20 heavy (non-hydrogen) atoms. The summed E-state index contributed by atoms with van der Waals surface area (Å²) in [5.41, 5.74) is 0. The summed E-state index contributed by atoms with van der Waals surface area (Å²) in [7, 11) is -1.95. The average Bonchev–Trinajstić information content (AvgIpc) is 3.04. The zero-order chi connectivity index (χ0) is 14.8. The molecule has 0 unspecified atom stereocenters. The van der Waals surface area contributed by atoms with E-state index in [1.165, 1.54) is 10.4 Å². The quantitative estimate of drug-likeness (QED) is 0.762. The van der Waals surface area contributed by atoms with Gasteiger partial charge in [0.05, 0.1) is 5.88 Å². The first kappa shape index (κ1) is 15.6. The molecule has 0 saturated heterocycles. The zero-order valence-electron chi connectivity index (χ0n) is 11.3. The molecule has 2 aromatic heterocycles. The molecule has 0 radical (unpaired) electrons. The van der Waals surface area contributed by atoms with Gasteiger partial charge in [-0.25, -0.2) is 12.7 Å². The molecule has 110 valence electrons. The van der Waals surface area contributed by atoms with Gasteiger partial charge in [-0.2, -0.15) is 0 Å². The van der Waals surface area contributed by atoms with Crippen molar-refractivity contribution in [1.82, 2.24) is 4.31 Å². The smallest absolute Gasteiger partial charge is 0.246 e. The maximum atomic E-state index is 12.5. The summed E-state index contributed by atoms with van der Waals surface area (Å²) in [6, 6.07) is 5.46. The first-order valence-electron chi connectivity index (χ1n) is 6.09. The van der Waals surface area contributed by atoms with Gasteiger partial charge in [0.15, 0.2) is 0 Å². The minimum absolute atomic E-state index is 0.162. The third-order valence-electron chi connectivity index (χ3n) is 3.00. The second-order valence-corrected chi connectivity index (χ2v) is 7.74. The molecule has 0 aliphatic carbocycles. The van der Waals surface area contributed by atoms with Crippen molar-refractivity contribution in [2.75, 3.05) is 13.6 Å². The van der Waals surface area contributed by atoms with Crippen LogP contribution in [0.4, 0.5) is 0 Å². The third kappa shape index (κ3) is 3.25. The highest BCUT2D eigenvalue weighted by Crippen LogP contribution is 2.24. The molecular formula is C13H16ClNO3S2. The van der Waals surface area contributed by atoms with E-state index in [2.05, 4.69) is 0 Å². The van der Waals surface area contributed by atoms with Crippen LogP contribution in [0.1, 0.15) is 16.4 Å². The van der Waals surface area contributed by atoms with Crippen LogP contribution in [-0.4, -0.2) is 26.3 Å². The number of rotatable bonds is 6. The predicted molar refractivity (Wildman–Crippen MR) is 80.8 cm³/mol. The summed E-state index contributed by atoms with van der Waals surface area (Å²) < 4.78 is 31.6. The van der Waals surface area contributed by atoms with Crippen molar-refractivity contribution < 1.29 is 12.8 Å². The first-order valence-corrected chi connectivity index (χ1v) is 8.94. The second kappa shape index (κ2) is 6.30. The Bertz CT molecular complexity index is 662. The predicted octanol–water partition coefficient (Wildman–Crippen LogP) is 3.25. The van der Waals surface area contributed by atoms with Crippen molar-refractivity contribution in [3.8, 4) is 0 Å². The SMILES string of the molecule is Cc1oc(CCl)cc1S(=O)(=O)N(C)CCc1cccs1. The molecule has 0 atom stereocenters. The lowest BCUT2D eigenvalue weighted by Gasteiger charge is -2.15. The van der Waals surface area contributed by atoms with E-state index in [1.54, 1.807) is 25.3 Å². The zero-order valence-corrected chi connectivity index (χ0v) is 13.7. The van der Waals surface area contributed by atoms with Crippen LogP contribution in [-0.2, 0) is 22.3 Å². The minimum Gasteiger partial charge on any atom is -0.464 e. The van der Waals surface area contributed by atoms with Crippen molar-refractivity contribution in [1.29, 1.82) is 0 Å². The van der Waals surface area contributed by atoms with E-state index in [9.17, 15) is 8.42 Å².